The number of rotatable bonds is 6. The van der Waals surface area contributed by atoms with Gasteiger partial charge in [0.05, 0.1) is 4.92 Å². The molecule has 2 aromatic carbocycles. The maximum absolute atomic E-state index is 12.1. The predicted octanol–water partition coefficient (Wildman–Crippen LogP) is 2.92. The molecule has 0 aliphatic heterocycles. The fourth-order valence-corrected chi connectivity index (χ4v) is 2.45. The van der Waals surface area contributed by atoms with Gasteiger partial charge in [0, 0.05) is 30.1 Å². The molecule has 0 fully saturated rings. The number of aromatic amines is 1. The van der Waals surface area contributed by atoms with Crippen LogP contribution in [0.15, 0.2) is 54.6 Å². The number of nitro groups is 1. The van der Waals surface area contributed by atoms with Crippen molar-refractivity contribution in [3.8, 4) is 0 Å². The Labute approximate surface area is 137 Å². The van der Waals surface area contributed by atoms with Gasteiger partial charge in [0.25, 0.3) is 11.6 Å². The number of para-hydroxylation sites is 3. The van der Waals surface area contributed by atoms with E-state index in [9.17, 15) is 14.9 Å². The van der Waals surface area contributed by atoms with Crippen LogP contribution in [0.1, 0.15) is 10.5 Å². The third kappa shape index (κ3) is 3.35. The normalized spacial score (nSPS) is 10.5. The first-order valence-corrected chi connectivity index (χ1v) is 7.48. The lowest BCUT2D eigenvalue weighted by Gasteiger charge is -2.07. The molecule has 122 valence electrons. The zero-order chi connectivity index (χ0) is 16.9. The summed E-state index contributed by atoms with van der Waals surface area (Å²) in [7, 11) is 0. The summed E-state index contributed by atoms with van der Waals surface area (Å²) in [4.78, 5) is 25.7. The molecule has 24 heavy (non-hydrogen) atoms. The monoisotopic (exact) mass is 324 g/mol. The lowest BCUT2D eigenvalue weighted by Crippen LogP contribution is -2.29. The Hall–Kier alpha value is -3.35. The van der Waals surface area contributed by atoms with Crippen LogP contribution < -0.4 is 10.6 Å². The second kappa shape index (κ2) is 6.82. The SMILES string of the molecule is O=C(NCCNc1ccccc1[N+](=O)[O-])c1cc2ccccc2[nH]1. The third-order valence-corrected chi connectivity index (χ3v) is 3.60. The predicted molar refractivity (Wildman–Crippen MR) is 92.2 cm³/mol. The smallest absolute Gasteiger partial charge is 0.292 e. The van der Waals surface area contributed by atoms with E-state index in [1.807, 2.05) is 24.3 Å². The first-order chi connectivity index (χ1) is 11.6. The largest absolute Gasteiger partial charge is 0.378 e. The van der Waals surface area contributed by atoms with Gasteiger partial charge >= 0.3 is 0 Å². The van der Waals surface area contributed by atoms with Gasteiger partial charge < -0.3 is 15.6 Å². The number of carbonyl (C=O) groups excluding carboxylic acids is 1. The van der Waals surface area contributed by atoms with Gasteiger partial charge in [0.2, 0.25) is 0 Å². The molecule has 3 aromatic rings. The minimum absolute atomic E-state index is 0.0134. The minimum Gasteiger partial charge on any atom is -0.378 e. The van der Waals surface area contributed by atoms with Crippen LogP contribution in [0.4, 0.5) is 11.4 Å². The van der Waals surface area contributed by atoms with Gasteiger partial charge in [-0.05, 0) is 18.2 Å². The highest BCUT2D eigenvalue weighted by Gasteiger charge is 2.12. The Morgan fingerprint density at radius 1 is 1.08 bits per heavy atom. The van der Waals surface area contributed by atoms with Gasteiger partial charge in [-0.1, -0.05) is 30.3 Å². The molecule has 0 radical (unpaired) electrons. The van der Waals surface area contributed by atoms with Gasteiger partial charge in [-0.15, -0.1) is 0 Å². The van der Waals surface area contributed by atoms with Crippen LogP contribution in [0, 0.1) is 10.1 Å². The highest BCUT2D eigenvalue weighted by molar-refractivity contribution is 5.97. The Morgan fingerprint density at radius 3 is 2.62 bits per heavy atom. The summed E-state index contributed by atoms with van der Waals surface area (Å²) in [6, 6.07) is 15.8. The van der Waals surface area contributed by atoms with Crippen LogP contribution in [0.3, 0.4) is 0 Å². The van der Waals surface area contributed by atoms with Crippen molar-refractivity contribution in [3.05, 3.63) is 70.4 Å². The number of H-pyrrole nitrogens is 1. The molecule has 0 aliphatic carbocycles. The summed E-state index contributed by atoms with van der Waals surface area (Å²) in [5, 5.41) is 17.6. The highest BCUT2D eigenvalue weighted by Crippen LogP contribution is 2.22. The number of nitrogens with zero attached hydrogens (tertiary/aromatic N) is 1. The van der Waals surface area contributed by atoms with Crippen LogP contribution in [-0.2, 0) is 0 Å². The lowest BCUT2D eigenvalue weighted by molar-refractivity contribution is -0.384. The van der Waals surface area contributed by atoms with E-state index >= 15 is 0 Å². The fourth-order valence-electron chi connectivity index (χ4n) is 2.45. The summed E-state index contributed by atoms with van der Waals surface area (Å²) in [5.41, 5.74) is 1.84. The van der Waals surface area contributed by atoms with E-state index in [2.05, 4.69) is 15.6 Å². The molecule has 7 nitrogen and oxygen atoms in total. The van der Waals surface area contributed by atoms with Crippen molar-refractivity contribution >= 4 is 28.2 Å². The van der Waals surface area contributed by atoms with E-state index in [0.717, 1.165) is 10.9 Å². The van der Waals surface area contributed by atoms with E-state index in [1.165, 1.54) is 6.07 Å². The second-order valence-corrected chi connectivity index (χ2v) is 5.23. The van der Waals surface area contributed by atoms with Crippen molar-refractivity contribution in [2.45, 2.75) is 0 Å². The van der Waals surface area contributed by atoms with Crippen molar-refractivity contribution in [3.63, 3.8) is 0 Å². The van der Waals surface area contributed by atoms with Gasteiger partial charge in [-0.2, -0.15) is 0 Å². The first kappa shape index (κ1) is 15.5. The average Bonchev–Trinajstić information content (AvgIpc) is 3.03. The lowest BCUT2D eigenvalue weighted by atomic mass is 10.2. The van der Waals surface area contributed by atoms with E-state index in [4.69, 9.17) is 0 Å². The fraction of sp³-hybridized carbons (Fsp3) is 0.118. The molecule has 1 heterocycles. The third-order valence-electron chi connectivity index (χ3n) is 3.60. The van der Waals surface area contributed by atoms with Crippen LogP contribution >= 0.6 is 0 Å². The summed E-state index contributed by atoms with van der Waals surface area (Å²) in [5.74, 6) is -0.212. The minimum atomic E-state index is -0.439. The van der Waals surface area contributed by atoms with Crippen molar-refractivity contribution in [1.82, 2.24) is 10.3 Å². The number of nitrogens with one attached hydrogen (secondary N) is 3. The van der Waals surface area contributed by atoms with Gasteiger partial charge in [-0.25, -0.2) is 0 Å². The molecule has 0 saturated heterocycles. The Kier molecular flexibility index (Phi) is 4.42. The Morgan fingerprint density at radius 2 is 1.83 bits per heavy atom. The zero-order valence-corrected chi connectivity index (χ0v) is 12.8. The first-order valence-electron chi connectivity index (χ1n) is 7.48. The van der Waals surface area contributed by atoms with Crippen molar-refractivity contribution < 1.29 is 9.72 Å². The van der Waals surface area contributed by atoms with Crippen LogP contribution in [0.5, 0.6) is 0 Å². The number of hydrogen-bond donors (Lipinski definition) is 3. The molecule has 3 rings (SSSR count). The molecule has 1 amide bonds. The number of fused-ring (bicyclic) bond motifs is 1. The van der Waals surface area contributed by atoms with Crippen LogP contribution in [0.25, 0.3) is 10.9 Å². The Bertz CT molecular complexity index is 855. The van der Waals surface area contributed by atoms with Crippen LogP contribution in [-0.4, -0.2) is 28.9 Å². The van der Waals surface area contributed by atoms with Gasteiger partial charge in [0.1, 0.15) is 11.4 Å². The van der Waals surface area contributed by atoms with Crippen molar-refractivity contribution in [2.75, 3.05) is 18.4 Å². The molecule has 0 bridgehead atoms. The van der Waals surface area contributed by atoms with Gasteiger partial charge in [0.15, 0.2) is 0 Å². The Balaban J connectivity index is 1.55. The van der Waals surface area contributed by atoms with E-state index in [1.54, 1.807) is 24.3 Å². The summed E-state index contributed by atoms with van der Waals surface area (Å²) in [6.07, 6.45) is 0. The summed E-state index contributed by atoms with van der Waals surface area (Å²) in [6.45, 7) is 0.733. The van der Waals surface area contributed by atoms with E-state index < -0.39 is 4.92 Å². The quantitative estimate of drug-likeness (QED) is 0.369. The molecule has 0 saturated carbocycles. The van der Waals surface area contributed by atoms with E-state index in [0.29, 0.717) is 24.5 Å². The molecule has 3 N–H and O–H groups in total. The van der Waals surface area contributed by atoms with Crippen molar-refractivity contribution in [1.29, 1.82) is 0 Å². The standard InChI is InChI=1S/C17H16N4O3/c22-17(15-11-12-5-1-2-6-13(12)20-15)19-10-9-18-14-7-3-4-8-16(14)21(23)24/h1-8,11,18,20H,9-10H2,(H,19,22). The number of aromatic nitrogens is 1. The molecule has 0 atom stereocenters. The zero-order valence-electron chi connectivity index (χ0n) is 12.8. The topological polar surface area (TPSA) is 100 Å². The highest BCUT2D eigenvalue weighted by atomic mass is 16.6. The van der Waals surface area contributed by atoms with E-state index in [-0.39, 0.29) is 11.6 Å². The maximum Gasteiger partial charge on any atom is 0.292 e. The number of benzene rings is 2. The number of anilines is 1. The van der Waals surface area contributed by atoms with Crippen molar-refractivity contribution in [2.24, 2.45) is 0 Å². The molecular formula is C17H16N4O3. The number of hydrogen-bond acceptors (Lipinski definition) is 4. The number of carbonyl (C=O) groups is 1. The number of amides is 1. The maximum atomic E-state index is 12.1. The second-order valence-electron chi connectivity index (χ2n) is 5.23. The molecule has 0 spiro atoms. The molecule has 0 aliphatic rings. The van der Waals surface area contributed by atoms with Gasteiger partial charge in [-0.3, -0.25) is 14.9 Å². The molecular weight excluding hydrogens is 308 g/mol. The average molecular weight is 324 g/mol. The summed E-state index contributed by atoms with van der Waals surface area (Å²) < 4.78 is 0. The van der Waals surface area contributed by atoms with Crippen LogP contribution in [0.2, 0.25) is 0 Å². The summed E-state index contributed by atoms with van der Waals surface area (Å²) >= 11 is 0. The number of nitro benzene ring substituents is 1. The molecule has 1 aromatic heterocycles. The molecule has 7 heteroatoms. The molecule has 0 unspecified atom stereocenters.